The first kappa shape index (κ1) is 11.8. The van der Waals surface area contributed by atoms with Gasteiger partial charge in [-0.25, -0.2) is 9.97 Å². The van der Waals surface area contributed by atoms with E-state index in [-0.39, 0.29) is 22.5 Å². The maximum absolute atomic E-state index is 11.3. The smallest absolute Gasteiger partial charge is 0.300 e. The van der Waals surface area contributed by atoms with Crippen LogP contribution >= 0.6 is 11.6 Å². The number of carbonyl (C=O) groups excluding carboxylic acids is 1. The third kappa shape index (κ3) is 2.60. The highest BCUT2D eigenvalue weighted by Crippen LogP contribution is 2.17. The molecule has 0 unspecified atom stereocenters. The molecule has 0 atom stereocenters. The van der Waals surface area contributed by atoms with Crippen molar-refractivity contribution in [2.24, 2.45) is 15.4 Å². The van der Waals surface area contributed by atoms with Crippen LogP contribution in [0.3, 0.4) is 0 Å². The van der Waals surface area contributed by atoms with Crippen molar-refractivity contribution in [3.63, 3.8) is 0 Å². The Hall–Kier alpha value is -2.29. The van der Waals surface area contributed by atoms with E-state index in [0.29, 0.717) is 6.34 Å². The Balaban J connectivity index is 3.04. The third-order valence-electron chi connectivity index (χ3n) is 1.39. The molecule has 5 N–H and O–H groups in total. The molecule has 1 amide bonds. The number of aromatic nitrogens is 2. The largest absolute Gasteiger partial charge is 0.394 e. The normalized spacial score (nSPS) is 11.3. The summed E-state index contributed by atoms with van der Waals surface area (Å²) in [6, 6.07) is 0. The minimum absolute atomic E-state index is 0.0882. The van der Waals surface area contributed by atoms with Gasteiger partial charge in [-0.3, -0.25) is 4.79 Å². The number of amides is 1. The van der Waals surface area contributed by atoms with Gasteiger partial charge < -0.3 is 16.7 Å². The Kier molecular flexibility index (Phi) is 3.67. The number of nitrogens with zero attached hydrogens (tertiary/aromatic N) is 5. The van der Waals surface area contributed by atoms with Crippen molar-refractivity contribution in [2.75, 3.05) is 11.5 Å². The molecular formula is C6H6ClN7O2. The molecule has 9 nitrogen and oxygen atoms in total. The lowest BCUT2D eigenvalue weighted by atomic mass is 10.4. The van der Waals surface area contributed by atoms with E-state index in [4.69, 9.17) is 28.3 Å². The van der Waals surface area contributed by atoms with Crippen LogP contribution in [0.5, 0.6) is 0 Å². The van der Waals surface area contributed by atoms with Crippen LogP contribution in [-0.4, -0.2) is 27.4 Å². The van der Waals surface area contributed by atoms with Gasteiger partial charge in [-0.2, -0.15) is 4.99 Å². The number of rotatable bonds is 2. The second kappa shape index (κ2) is 4.98. The van der Waals surface area contributed by atoms with Crippen molar-refractivity contribution in [1.29, 1.82) is 0 Å². The van der Waals surface area contributed by atoms with Gasteiger partial charge in [0.2, 0.25) is 0 Å². The van der Waals surface area contributed by atoms with Crippen LogP contribution in [0.25, 0.3) is 0 Å². The van der Waals surface area contributed by atoms with Crippen LogP contribution < -0.4 is 11.5 Å². The standard InChI is InChI=1S/C6H6ClN7O2/c7-3-5(9)13-4(8)2(12-3)6(15)10-1-11-14-16/h1H,(H4,8,9,13)(H,10,11,15,16). The summed E-state index contributed by atoms with van der Waals surface area (Å²) < 4.78 is 0. The molecule has 0 saturated heterocycles. The van der Waals surface area contributed by atoms with Gasteiger partial charge in [0, 0.05) is 5.28 Å². The van der Waals surface area contributed by atoms with Crippen molar-refractivity contribution in [3.05, 3.63) is 10.8 Å². The van der Waals surface area contributed by atoms with Crippen molar-refractivity contribution < 1.29 is 10.0 Å². The summed E-state index contributed by atoms with van der Waals surface area (Å²) in [4.78, 5) is 21.8. The monoisotopic (exact) mass is 243 g/mol. The number of hydrogen-bond acceptors (Lipinski definition) is 6. The average Bonchev–Trinajstić information content (AvgIpc) is 2.23. The first-order valence-corrected chi connectivity index (χ1v) is 4.13. The Morgan fingerprint density at radius 1 is 1.38 bits per heavy atom. The molecule has 0 aliphatic rings. The molecule has 0 spiro atoms. The van der Waals surface area contributed by atoms with Gasteiger partial charge in [-0.15, -0.1) is 5.11 Å². The predicted octanol–water partition coefficient (Wildman–Crippen LogP) is 0.304. The molecule has 10 heteroatoms. The SMILES string of the molecule is Nc1nc(N)c(C(=O)N=CN=NO)nc1Cl. The second-order valence-corrected chi connectivity index (χ2v) is 2.75. The predicted molar refractivity (Wildman–Crippen MR) is 55.3 cm³/mol. The number of carbonyl (C=O) groups is 1. The van der Waals surface area contributed by atoms with E-state index < -0.39 is 5.91 Å². The minimum Gasteiger partial charge on any atom is -0.394 e. The average molecular weight is 244 g/mol. The summed E-state index contributed by atoms with van der Waals surface area (Å²) in [6.07, 6.45) is 0.716. The van der Waals surface area contributed by atoms with E-state index in [9.17, 15) is 4.79 Å². The maximum atomic E-state index is 11.3. The van der Waals surface area contributed by atoms with Gasteiger partial charge >= 0.3 is 5.91 Å². The first-order chi connectivity index (χ1) is 7.56. The Morgan fingerprint density at radius 3 is 2.69 bits per heavy atom. The lowest BCUT2D eigenvalue weighted by Gasteiger charge is -2.01. The summed E-state index contributed by atoms with van der Waals surface area (Å²) in [7, 11) is 0. The van der Waals surface area contributed by atoms with E-state index in [0.717, 1.165) is 0 Å². The fraction of sp³-hybridized carbons (Fsp3) is 0. The van der Waals surface area contributed by atoms with Gasteiger partial charge in [0.1, 0.15) is 6.34 Å². The molecule has 0 bridgehead atoms. The van der Waals surface area contributed by atoms with E-state index in [2.05, 4.69) is 25.4 Å². The van der Waals surface area contributed by atoms with Crippen molar-refractivity contribution in [2.45, 2.75) is 0 Å². The molecule has 0 fully saturated rings. The van der Waals surface area contributed by atoms with Gasteiger partial charge in [-0.05, 0) is 0 Å². The van der Waals surface area contributed by atoms with Crippen molar-refractivity contribution in [3.8, 4) is 0 Å². The van der Waals surface area contributed by atoms with Crippen LogP contribution in [0, 0.1) is 0 Å². The lowest BCUT2D eigenvalue weighted by molar-refractivity contribution is 0.0999. The molecular weight excluding hydrogens is 238 g/mol. The number of anilines is 2. The molecule has 84 valence electrons. The summed E-state index contributed by atoms with van der Waals surface area (Å²) in [5, 5.41) is 13.1. The highest BCUT2D eigenvalue weighted by molar-refractivity contribution is 6.31. The van der Waals surface area contributed by atoms with Crippen molar-refractivity contribution >= 4 is 35.5 Å². The minimum atomic E-state index is -0.834. The van der Waals surface area contributed by atoms with Crippen molar-refractivity contribution in [1.82, 2.24) is 9.97 Å². The van der Waals surface area contributed by atoms with Gasteiger partial charge in [0.15, 0.2) is 22.5 Å². The molecule has 0 aliphatic heterocycles. The molecule has 1 heterocycles. The van der Waals surface area contributed by atoms with E-state index >= 15 is 0 Å². The molecule has 16 heavy (non-hydrogen) atoms. The topological polar surface area (TPSA) is 152 Å². The zero-order valence-electron chi connectivity index (χ0n) is 7.70. The number of nitrogens with two attached hydrogens (primary N) is 2. The Labute approximate surface area is 93.8 Å². The molecule has 1 aromatic heterocycles. The van der Waals surface area contributed by atoms with Crippen LogP contribution in [0.15, 0.2) is 15.4 Å². The summed E-state index contributed by atoms with van der Waals surface area (Å²) >= 11 is 5.55. The van der Waals surface area contributed by atoms with Crippen LogP contribution in [0.1, 0.15) is 10.5 Å². The lowest BCUT2D eigenvalue weighted by Crippen LogP contribution is -2.09. The van der Waals surface area contributed by atoms with Gasteiger partial charge in [-0.1, -0.05) is 11.6 Å². The Morgan fingerprint density at radius 2 is 2.06 bits per heavy atom. The summed E-state index contributed by atoms with van der Waals surface area (Å²) in [5.74, 6) is -1.13. The van der Waals surface area contributed by atoms with E-state index in [1.54, 1.807) is 0 Å². The van der Waals surface area contributed by atoms with Crippen LogP contribution in [0.4, 0.5) is 11.6 Å². The second-order valence-electron chi connectivity index (χ2n) is 2.39. The van der Waals surface area contributed by atoms with Crippen LogP contribution in [0.2, 0.25) is 5.15 Å². The van der Waals surface area contributed by atoms with Crippen LogP contribution in [-0.2, 0) is 0 Å². The Bertz CT molecular complexity index is 472. The summed E-state index contributed by atoms with van der Waals surface area (Å²) in [6.45, 7) is 0. The molecule has 1 aromatic rings. The maximum Gasteiger partial charge on any atom is 0.300 e. The summed E-state index contributed by atoms with van der Waals surface area (Å²) in [5.41, 5.74) is 10.4. The highest BCUT2D eigenvalue weighted by atomic mass is 35.5. The third-order valence-corrected chi connectivity index (χ3v) is 1.66. The zero-order valence-corrected chi connectivity index (χ0v) is 8.46. The van der Waals surface area contributed by atoms with E-state index in [1.165, 1.54) is 0 Å². The van der Waals surface area contributed by atoms with Gasteiger partial charge in [0.05, 0.1) is 0 Å². The molecule has 1 rings (SSSR count). The quantitative estimate of drug-likeness (QED) is 0.294. The highest BCUT2D eigenvalue weighted by Gasteiger charge is 2.14. The number of hydrogen-bond donors (Lipinski definition) is 3. The van der Waals surface area contributed by atoms with E-state index in [1.807, 2.05) is 0 Å². The molecule has 0 radical (unpaired) electrons. The fourth-order valence-corrected chi connectivity index (χ4v) is 0.888. The van der Waals surface area contributed by atoms with Gasteiger partial charge in [0.25, 0.3) is 0 Å². The fourth-order valence-electron chi connectivity index (χ4n) is 0.761. The molecule has 0 aliphatic carbocycles. The molecule has 0 saturated carbocycles. The number of nitrogen functional groups attached to an aromatic ring is 2. The number of halogens is 1. The number of aliphatic imine (C=N–C) groups is 1. The first-order valence-electron chi connectivity index (χ1n) is 3.75. The molecule has 0 aromatic carbocycles. The zero-order chi connectivity index (χ0) is 12.1.